The van der Waals surface area contributed by atoms with E-state index < -0.39 is 20.0 Å². The van der Waals surface area contributed by atoms with E-state index in [2.05, 4.69) is 62.5 Å². The van der Waals surface area contributed by atoms with Crippen molar-refractivity contribution in [3.8, 4) is 0 Å². The number of nitrogens with zero attached hydrogens (tertiary/aromatic N) is 1. The molecule has 0 bridgehead atoms. The summed E-state index contributed by atoms with van der Waals surface area (Å²) in [6.07, 6.45) is 62.3. The molecule has 0 saturated heterocycles. The van der Waals surface area contributed by atoms with Gasteiger partial charge < -0.3 is 28.5 Å². The lowest BCUT2D eigenvalue weighted by molar-refractivity contribution is -0.870. The van der Waals surface area contributed by atoms with E-state index >= 15 is 0 Å². The molecule has 1 N–H and O–H groups in total. The number of ether oxygens (including phenoxy) is 1. The van der Waals surface area contributed by atoms with Gasteiger partial charge in [0, 0.05) is 12.8 Å². The van der Waals surface area contributed by atoms with Crippen LogP contribution in [-0.2, 0) is 27.9 Å². The Bertz CT molecular complexity index is 1360. The molecule has 9 nitrogen and oxygen atoms in total. The van der Waals surface area contributed by atoms with Gasteiger partial charge in [-0.2, -0.15) is 0 Å². The Morgan fingerprint density at radius 1 is 0.493 bits per heavy atom. The van der Waals surface area contributed by atoms with Gasteiger partial charge in [0.15, 0.2) is 0 Å². The summed E-state index contributed by atoms with van der Waals surface area (Å²) < 4.78 is 30.2. The number of phosphoric acid groups is 1. The molecule has 0 aliphatic heterocycles. The third kappa shape index (κ3) is 52.6. The van der Waals surface area contributed by atoms with Gasteiger partial charge in [-0.3, -0.25) is 14.2 Å². The summed E-state index contributed by atoms with van der Waals surface area (Å²) >= 11 is 0. The summed E-state index contributed by atoms with van der Waals surface area (Å²) in [6.45, 7) is 6.78. The van der Waals surface area contributed by atoms with E-state index in [4.69, 9.17) is 13.8 Å². The van der Waals surface area contributed by atoms with Crippen LogP contribution in [-0.4, -0.2) is 69.4 Å². The van der Waals surface area contributed by atoms with Crippen molar-refractivity contribution in [3.63, 3.8) is 0 Å². The minimum absolute atomic E-state index is 0.0233. The molecule has 0 aromatic heterocycles. The van der Waals surface area contributed by atoms with Gasteiger partial charge in [0.1, 0.15) is 19.3 Å². The van der Waals surface area contributed by atoms with Gasteiger partial charge in [0.2, 0.25) is 5.91 Å². The van der Waals surface area contributed by atoms with Gasteiger partial charge >= 0.3 is 5.97 Å². The summed E-state index contributed by atoms with van der Waals surface area (Å²) in [5, 5.41) is 3.02. The van der Waals surface area contributed by atoms with Crippen molar-refractivity contribution in [2.45, 2.75) is 290 Å². The number of unbranched alkanes of at least 4 members (excludes halogenated alkanes) is 32. The smallest absolute Gasteiger partial charge is 0.306 e. The van der Waals surface area contributed by atoms with E-state index in [9.17, 15) is 19.0 Å². The molecule has 0 fully saturated rings. The van der Waals surface area contributed by atoms with Crippen LogP contribution in [0, 0.1) is 0 Å². The van der Waals surface area contributed by atoms with Crippen LogP contribution in [0.1, 0.15) is 278 Å². The van der Waals surface area contributed by atoms with Crippen LogP contribution in [0.2, 0.25) is 0 Å². The number of carbonyl (C=O) groups is 2. The van der Waals surface area contributed by atoms with Crippen molar-refractivity contribution < 1.29 is 37.3 Å². The molecule has 0 aromatic rings. The lowest BCUT2D eigenvalue weighted by atomic mass is 10.0. The Kier molecular flexibility index (Phi) is 50.0. The fourth-order valence-corrected chi connectivity index (χ4v) is 9.26. The summed E-state index contributed by atoms with van der Waals surface area (Å²) in [7, 11) is 1.18. The van der Waals surface area contributed by atoms with Crippen LogP contribution >= 0.6 is 7.82 Å². The highest BCUT2D eigenvalue weighted by atomic mass is 31.2. The van der Waals surface area contributed by atoms with Crippen LogP contribution in [0.25, 0.3) is 0 Å². The van der Waals surface area contributed by atoms with Gasteiger partial charge in [-0.25, -0.2) is 0 Å². The van der Waals surface area contributed by atoms with Gasteiger partial charge in [-0.15, -0.1) is 0 Å². The molecule has 3 atom stereocenters. The van der Waals surface area contributed by atoms with Gasteiger partial charge in [-0.05, 0) is 83.1 Å². The number of hydrogen-bond donors (Lipinski definition) is 1. The van der Waals surface area contributed by atoms with Crippen molar-refractivity contribution in [3.05, 3.63) is 48.6 Å². The molecule has 416 valence electrons. The summed E-state index contributed by atoms with van der Waals surface area (Å²) in [6, 6.07) is -0.889. The average Bonchev–Trinajstić information content (AvgIpc) is 3.33. The highest BCUT2D eigenvalue weighted by Gasteiger charge is 2.27. The molecule has 0 rings (SSSR count). The molecule has 0 saturated carbocycles. The van der Waals surface area contributed by atoms with E-state index in [1.54, 1.807) is 0 Å². The SMILES string of the molecule is CCCC/C=C\CCCCCCCC(=O)OC(/C=C\CCCCCCCCCCC)C(COP(=O)([O-])OCC[N+](C)(C)C)NC(=O)CCCCCCCCCCCCCCC/C=C\C/C=C\CCCCC. The second-order valence-electron chi connectivity index (χ2n) is 21.5. The molecule has 3 unspecified atom stereocenters. The third-order valence-corrected chi connectivity index (χ3v) is 14.2. The molecule has 0 aliphatic rings. The number of allylic oxidation sites excluding steroid dienone is 7. The number of quaternary nitrogens is 1. The van der Waals surface area contributed by atoms with Crippen LogP contribution in [0.15, 0.2) is 48.6 Å². The Labute approximate surface area is 439 Å². The zero-order chi connectivity index (χ0) is 52.2. The second kappa shape index (κ2) is 51.5. The first-order chi connectivity index (χ1) is 34.4. The first-order valence-corrected chi connectivity index (χ1v) is 31.4. The van der Waals surface area contributed by atoms with Gasteiger partial charge in [-0.1, -0.05) is 230 Å². The number of hydrogen-bond acceptors (Lipinski definition) is 7. The fourth-order valence-electron chi connectivity index (χ4n) is 8.53. The summed E-state index contributed by atoms with van der Waals surface area (Å²) in [5.41, 5.74) is 0. The van der Waals surface area contributed by atoms with E-state index in [0.29, 0.717) is 17.4 Å². The molecular formula is C61H115N2O7P. The first kappa shape index (κ1) is 69.0. The Morgan fingerprint density at radius 3 is 1.35 bits per heavy atom. The number of rotatable bonds is 54. The van der Waals surface area contributed by atoms with Crippen LogP contribution in [0.3, 0.4) is 0 Å². The Morgan fingerprint density at radius 2 is 0.873 bits per heavy atom. The molecule has 10 heteroatoms. The molecule has 71 heavy (non-hydrogen) atoms. The normalized spacial score (nSPS) is 14.1. The van der Waals surface area contributed by atoms with Crippen LogP contribution < -0.4 is 10.2 Å². The van der Waals surface area contributed by atoms with Crippen LogP contribution in [0.4, 0.5) is 0 Å². The minimum atomic E-state index is -4.69. The maximum absolute atomic E-state index is 13.5. The average molecular weight is 1020 g/mol. The van der Waals surface area contributed by atoms with Crippen molar-refractivity contribution in [2.75, 3.05) is 40.9 Å². The second-order valence-corrected chi connectivity index (χ2v) is 22.9. The summed E-state index contributed by atoms with van der Waals surface area (Å²) in [5.74, 6) is -0.549. The standard InChI is InChI=1S/C61H115N2O7P/c1-7-10-13-16-19-22-25-26-27-28-29-30-31-32-33-34-35-36-39-41-44-47-50-53-60(64)62-58(57-69-71(66,67)68-56-55-63(4,5)6)59(52-49-46-43-40-37-23-20-17-14-11-8-2)70-61(65)54-51-48-45-42-38-24-21-18-15-12-9-3/h18-19,21-22,26-27,49,52,58-59H,7-17,20,23-25,28-48,50-51,53-57H2,1-6H3,(H-,62,64,66,67)/b21-18-,22-19-,27-26-,52-49-. The summed E-state index contributed by atoms with van der Waals surface area (Å²) in [4.78, 5) is 39.8. The van der Waals surface area contributed by atoms with E-state index in [0.717, 1.165) is 89.9 Å². The molecular weight excluding hydrogens is 904 g/mol. The molecule has 1 amide bonds. The largest absolute Gasteiger partial charge is 0.756 e. The van der Waals surface area contributed by atoms with Crippen LogP contribution in [0.5, 0.6) is 0 Å². The predicted molar refractivity (Wildman–Crippen MR) is 302 cm³/mol. The highest BCUT2D eigenvalue weighted by molar-refractivity contribution is 7.45. The number of amides is 1. The third-order valence-electron chi connectivity index (χ3n) is 13.2. The van der Waals surface area contributed by atoms with Crippen molar-refractivity contribution in [2.24, 2.45) is 0 Å². The number of nitrogens with one attached hydrogen (secondary N) is 1. The van der Waals surface area contributed by atoms with Gasteiger partial charge in [0.25, 0.3) is 7.82 Å². The molecule has 0 spiro atoms. The van der Waals surface area contributed by atoms with Crippen molar-refractivity contribution in [1.82, 2.24) is 5.32 Å². The predicted octanol–water partition coefficient (Wildman–Crippen LogP) is 17.5. The zero-order valence-corrected chi connectivity index (χ0v) is 48.3. The van der Waals surface area contributed by atoms with Crippen molar-refractivity contribution >= 4 is 19.7 Å². The number of likely N-dealkylation sites (N-methyl/N-ethyl adjacent to an activating group) is 1. The van der Waals surface area contributed by atoms with E-state index in [1.165, 1.54) is 154 Å². The maximum Gasteiger partial charge on any atom is 0.306 e. The number of carbonyl (C=O) groups excluding carboxylic acids is 2. The number of phosphoric ester groups is 1. The van der Waals surface area contributed by atoms with E-state index in [-0.39, 0.29) is 31.5 Å². The Balaban J connectivity index is 5.10. The van der Waals surface area contributed by atoms with Gasteiger partial charge in [0.05, 0.1) is 33.8 Å². The molecule has 0 aromatic carbocycles. The zero-order valence-electron chi connectivity index (χ0n) is 47.4. The quantitative estimate of drug-likeness (QED) is 0.0212. The lowest BCUT2D eigenvalue weighted by Crippen LogP contribution is -2.47. The topological polar surface area (TPSA) is 114 Å². The maximum atomic E-state index is 13.5. The minimum Gasteiger partial charge on any atom is -0.756 e. The molecule has 0 aliphatic carbocycles. The fraction of sp³-hybridized carbons (Fsp3) is 0.836. The first-order valence-electron chi connectivity index (χ1n) is 29.9. The monoisotopic (exact) mass is 1020 g/mol. The lowest BCUT2D eigenvalue weighted by Gasteiger charge is -2.30. The molecule has 0 heterocycles. The Hall–Kier alpha value is -2.03. The molecule has 0 radical (unpaired) electrons. The number of esters is 1. The van der Waals surface area contributed by atoms with Crippen molar-refractivity contribution in [1.29, 1.82) is 0 Å². The van der Waals surface area contributed by atoms with E-state index in [1.807, 2.05) is 33.3 Å². The highest BCUT2D eigenvalue weighted by Crippen LogP contribution is 2.38.